The number of halogens is 1. The number of carbonyl (C=O) groups excluding carboxylic acids is 1. The molecule has 19 heavy (non-hydrogen) atoms. The average Bonchev–Trinajstić information content (AvgIpc) is 2.90. The van der Waals surface area contributed by atoms with Gasteiger partial charge in [-0.05, 0) is 43.3 Å². The first-order valence-corrected chi connectivity index (χ1v) is 7.37. The second-order valence-electron chi connectivity index (χ2n) is 3.91. The molecule has 0 spiro atoms. The van der Waals surface area contributed by atoms with Crippen molar-refractivity contribution in [2.45, 2.75) is 17.1 Å². The number of esters is 1. The van der Waals surface area contributed by atoms with Crippen LogP contribution in [-0.4, -0.2) is 13.1 Å². The van der Waals surface area contributed by atoms with Gasteiger partial charge in [-0.25, -0.2) is 4.79 Å². The van der Waals surface area contributed by atoms with Gasteiger partial charge >= 0.3 is 5.97 Å². The number of thioether (sulfide) groups is 1. The molecule has 0 radical (unpaired) electrons. The molecule has 0 fully saturated rings. The fourth-order valence-corrected chi connectivity index (χ4v) is 2.77. The van der Waals surface area contributed by atoms with Gasteiger partial charge in [0.1, 0.15) is 5.76 Å². The van der Waals surface area contributed by atoms with Crippen LogP contribution >= 0.6 is 27.7 Å². The van der Waals surface area contributed by atoms with Gasteiger partial charge in [-0.2, -0.15) is 0 Å². The zero-order valence-electron chi connectivity index (χ0n) is 10.6. The van der Waals surface area contributed by atoms with E-state index in [2.05, 4.69) is 20.7 Å². The predicted octanol–water partition coefficient (Wildman–Crippen LogP) is 4.68. The van der Waals surface area contributed by atoms with Crippen molar-refractivity contribution in [1.29, 1.82) is 0 Å². The first-order chi connectivity index (χ1) is 9.10. The Balaban J connectivity index is 2.07. The summed E-state index contributed by atoms with van der Waals surface area (Å²) in [7, 11) is 1.34. The topological polar surface area (TPSA) is 39.4 Å². The standard InChI is InChI=1S/C14H13BrO3S/c1-9(19-11-5-3-10(15)4-6-11)12-7-8-13(18-12)14(16)17-2/h3-9H,1-2H3. The second kappa shape index (κ2) is 6.30. The Morgan fingerprint density at radius 1 is 1.26 bits per heavy atom. The van der Waals surface area contributed by atoms with E-state index in [1.165, 1.54) is 7.11 Å². The largest absolute Gasteiger partial charge is 0.463 e. The van der Waals surface area contributed by atoms with E-state index < -0.39 is 5.97 Å². The predicted molar refractivity (Wildman–Crippen MR) is 78.5 cm³/mol. The third-order valence-electron chi connectivity index (χ3n) is 2.54. The maximum absolute atomic E-state index is 11.3. The zero-order chi connectivity index (χ0) is 13.8. The Hall–Kier alpha value is -1.20. The quantitative estimate of drug-likeness (QED) is 0.598. The fourth-order valence-electron chi connectivity index (χ4n) is 1.56. The summed E-state index contributed by atoms with van der Waals surface area (Å²) in [5, 5.41) is 0.125. The molecule has 100 valence electrons. The smallest absolute Gasteiger partial charge is 0.373 e. The Bertz CT molecular complexity index is 562. The van der Waals surface area contributed by atoms with Crippen LogP contribution in [0.25, 0.3) is 0 Å². The van der Waals surface area contributed by atoms with Crippen LogP contribution in [-0.2, 0) is 4.74 Å². The maximum atomic E-state index is 11.3. The van der Waals surface area contributed by atoms with Crippen molar-refractivity contribution < 1.29 is 13.9 Å². The van der Waals surface area contributed by atoms with Gasteiger partial charge in [0.15, 0.2) is 0 Å². The zero-order valence-corrected chi connectivity index (χ0v) is 13.0. The number of ether oxygens (including phenoxy) is 1. The van der Waals surface area contributed by atoms with Gasteiger partial charge in [0, 0.05) is 9.37 Å². The summed E-state index contributed by atoms with van der Waals surface area (Å²) in [5.74, 6) is 0.543. The molecule has 1 heterocycles. The number of carbonyl (C=O) groups is 1. The van der Waals surface area contributed by atoms with Gasteiger partial charge in [-0.15, -0.1) is 11.8 Å². The molecule has 0 bridgehead atoms. The second-order valence-corrected chi connectivity index (χ2v) is 6.24. The summed E-state index contributed by atoms with van der Waals surface area (Å²) in [6.45, 7) is 2.03. The Morgan fingerprint density at radius 3 is 2.58 bits per heavy atom. The van der Waals surface area contributed by atoms with E-state index in [0.29, 0.717) is 0 Å². The van der Waals surface area contributed by atoms with Crippen LogP contribution in [0.5, 0.6) is 0 Å². The molecule has 0 saturated heterocycles. The van der Waals surface area contributed by atoms with Gasteiger partial charge < -0.3 is 9.15 Å². The molecule has 1 aromatic carbocycles. The van der Waals surface area contributed by atoms with Crippen molar-refractivity contribution in [3.05, 3.63) is 52.4 Å². The van der Waals surface area contributed by atoms with Crippen molar-refractivity contribution in [3.8, 4) is 0 Å². The fraction of sp³-hybridized carbons (Fsp3) is 0.214. The van der Waals surface area contributed by atoms with Crippen molar-refractivity contribution in [1.82, 2.24) is 0 Å². The van der Waals surface area contributed by atoms with Crippen molar-refractivity contribution in [3.63, 3.8) is 0 Å². The molecular weight excluding hydrogens is 328 g/mol. The average molecular weight is 341 g/mol. The minimum Gasteiger partial charge on any atom is -0.463 e. The van der Waals surface area contributed by atoms with E-state index in [0.717, 1.165) is 15.1 Å². The third kappa shape index (κ3) is 3.64. The monoisotopic (exact) mass is 340 g/mol. The van der Waals surface area contributed by atoms with Crippen LogP contribution in [0, 0.1) is 0 Å². The highest BCUT2D eigenvalue weighted by Gasteiger charge is 2.16. The normalized spacial score (nSPS) is 12.2. The van der Waals surface area contributed by atoms with Gasteiger partial charge in [0.05, 0.1) is 12.4 Å². The molecule has 0 saturated carbocycles. The lowest BCUT2D eigenvalue weighted by atomic mass is 10.3. The molecule has 1 atom stereocenters. The SMILES string of the molecule is COC(=O)c1ccc(C(C)Sc2ccc(Br)cc2)o1. The highest BCUT2D eigenvalue weighted by Crippen LogP contribution is 2.35. The highest BCUT2D eigenvalue weighted by molar-refractivity contribution is 9.10. The van der Waals surface area contributed by atoms with Gasteiger partial charge in [-0.3, -0.25) is 0 Å². The van der Waals surface area contributed by atoms with Crippen LogP contribution in [0.3, 0.4) is 0 Å². The molecule has 0 aliphatic heterocycles. The minimum absolute atomic E-state index is 0.125. The maximum Gasteiger partial charge on any atom is 0.373 e. The number of benzene rings is 1. The first-order valence-electron chi connectivity index (χ1n) is 5.70. The first kappa shape index (κ1) is 14.2. The third-order valence-corrected chi connectivity index (χ3v) is 4.20. The van der Waals surface area contributed by atoms with Crippen LogP contribution < -0.4 is 0 Å². The molecular formula is C14H13BrO3S. The van der Waals surface area contributed by atoms with Gasteiger partial charge in [0.2, 0.25) is 5.76 Å². The molecule has 1 aromatic heterocycles. The van der Waals surface area contributed by atoms with E-state index in [1.54, 1.807) is 17.8 Å². The van der Waals surface area contributed by atoms with Crippen LogP contribution in [0.15, 0.2) is 50.2 Å². The Labute approximate surface area is 124 Å². The summed E-state index contributed by atoms with van der Waals surface area (Å²) in [6.07, 6.45) is 0. The lowest BCUT2D eigenvalue weighted by molar-refractivity contribution is 0.0563. The Kier molecular flexibility index (Phi) is 4.71. The number of hydrogen-bond donors (Lipinski definition) is 0. The lowest BCUT2D eigenvalue weighted by Gasteiger charge is -2.08. The lowest BCUT2D eigenvalue weighted by Crippen LogP contribution is -1.98. The van der Waals surface area contributed by atoms with E-state index in [-0.39, 0.29) is 11.0 Å². The van der Waals surface area contributed by atoms with Gasteiger partial charge in [-0.1, -0.05) is 15.9 Å². The molecule has 0 N–H and O–H groups in total. The highest BCUT2D eigenvalue weighted by atomic mass is 79.9. The van der Waals surface area contributed by atoms with E-state index in [4.69, 9.17) is 4.42 Å². The number of hydrogen-bond acceptors (Lipinski definition) is 4. The number of furan rings is 1. The molecule has 2 rings (SSSR count). The molecule has 0 amide bonds. The van der Waals surface area contributed by atoms with Crippen molar-refractivity contribution >= 4 is 33.7 Å². The van der Waals surface area contributed by atoms with Crippen LogP contribution in [0.4, 0.5) is 0 Å². The van der Waals surface area contributed by atoms with Crippen LogP contribution in [0.2, 0.25) is 0 Å². The van der Waals surface area contributed by atoms with Gasteiger partial charge in [0.25, 0.3) is 0 Å². The summed E-state index contributed by atoms with van der Waals surface area (Å²) in [4.78, 5) is 12.5. The molecule has 2 aromatic rings. The minimum atomic E-state index is -0.452. The van der Waals surface area contributed by atoms with E-state index >= 15 is 0 Å². The summed E-state index contributed by atoms with van der Waals surface area (Å²) >= 11 is 5.08. The molecule has 0 aliphatic carbocycles. The summed E-state index contributed by atoms with van der Waals surface area (Å²) < 4.78 is 11.2. The molecule has 5 heteroatoms. The Morgan fingerprint density at radius 2 is 1.95 bits per heavy atom. The number of methoxy groups -OCH3 is 1. The molecule has 0 aliphatic rings. The molecule has 3 nitrogen and oxygen atoms in total. The van der Waals surface area contributed by atoms with E-state index in [9.17, 15) is 4.79 Å². The van der Waals surface area contributed by atoms with Crippen molar-refractivity contribution in [2.24, 2.45) is 0 Å². The van der Waals surface area contributed by atoms with E-state index in [1.807, 2.05) is 37.3 Å². The number of rotatable bonds is 4. The summed E-state index contributed by atoms with van der Waals surface area (Å²) in [6, 6.07) is 11.5. The van der Waals surface area contributed by atoms with Crippen LogP contribution in [0.1, 0.15) is 28.5 Å². The van der Waals surface area contributed by atoms with Crippen molar-refractivity contribution in [2.75, 3.05) is 7.11 Å². The molecule has 1 unspecified atom stereocenters. The summed E-state index contributed by atoms with van der Waals surface area (Å²) in [5.41, 5.74) is 0.